The zero-order valence-corrected chi connectivity index (χ0v) is 19.2. The first-order valence-corrected chi connectivity index (χ1v) is 9.91. The van der Waals surface area contributed by atoms with Gasteiger partial charge in [-0.3, -0.25) is 4.99 Å². The predicted octanol–water partition coefficient (Wildman–Crippen LogP) is 1.78. The minimum absolute atomic E-state index is 0. The summed E-state index contributed by atoms with van der Waals surface area (Å²) in [6, 6.07) is 0.289. The summed E-state index contributed by atoms with van der Waals surface area (Å²) < 4.78 is 7.09. The van der Waals surface area contributed by atoms with Crippen LogP contribution in [-0.2, 0) is 37.2 Å². The summed E-state index contributed by atoms with van der Waals surface area (Å²) in [6.07, 6.45) is 3.82. The number of halogens is 1. The van der Waals surface area contributed by atoms with E-state index in [0.717, 1.165) is 62.1 Å². The van der Waals surface area contributed by atoms with Crippen molar-refractivity contribution >= 4 is 41.3 Å². The third kappa shape index (κ3) is 6.11. The van der Waals surface area contributed by atoms with Gasteiger partial charge in [0.15, 0.2) is 11.8 Å². The predicted molar refractivity (Wildman–Crippen MR) is 118 cm³/mol. The van der Waals surface area contributed by atoms with Crippen molar-refractivity contribution in [2.45, 2.75) is 51.8 Å². The summed E-state index contributed by atoms with van der Waals surface area (Å²) >= 11 is 1.73. The van der Waals surface area contributed by atoms with E-state index in [4.69, 9.17) is 4.74 Å². The molecule has 2 N–H and O–H groups in total. The normalized spacial score (nSPS) is 16.6. The monoisotopic (exact) mass is 505 g/mol. The number of methoxy groups -OCH3 is 1. The quantitative estimate of drug-likeness (QED) is 0.339. The third-order valence-corrected chi connectivity index (χ3v) is 5.36. The molecule has 0 aliphatic carbocycles. The lowest BCUT2D eigenvalue weighted by atomic mass is 10.1. The second-order valence-corrected chi connectivity index (χ2v) is 7.22. The Bertz CT molecular complexity index is 745. The van der Waals surface area contributed by atoms with Gasteiger partial charge in [-0.05, 0) is 12.8 Å². The zero-order valence-electron chi connectivity index (χ0n) is 16.1. The average molecular weight is 505 g/mol. The molecule has 0 radical (unpaired) electrons. The molecular weight excluding hydrogens is 477 g/mol. The van der Waals surface area contributed by atoms with Crippen molar-refractivity contribution < 1.29 is 4.74 Å². The lowest BCUT2D eigenvalue weighted by Gasteiger charge is -2.25. The van der Waals surface area contributed by atoms with E-state index in [0.29, 0.717) is 6.61 Å². The first-order valence-electron chi connectivity index (χ1n) is 9.03. The van der Waals surface area contributed by atoms with Gasteiger partial charge in [-0.25, -0.2) is 14.6 Å². The van der Waals surface area contributed by atoms with Crippen molar-refractivity contribution in [3.8, 4) is 0 Å². The fraction of sp³-hybridized carbons (Fsp3) is 0.647. The minimum atomic E-state index is 0. The first-order chi connectivity index (χ1) is 12.7. The Morgan fingerprint density at radius 3 is 3.00 bits per heavy atom. The molecule has 27 heavy (non-hydrogen) atoms. The Hall–Kier alpha value is -1.27. The smallest absolute Gasteiger partial charge is 0.191 e. The van der Waals surface area contributed by atoms with Crippen LogP contribution in [0.15, 0.2) is 10.4 Å². The van der Waals surface area contributed by atoms with Crippen LogP contribution < -0.4 is 10.6 Å². The van der Waals surface area contributed by atoms with Gasteiger partial charge >= 0.3 is 0 Å². The number of thiazole rings is 1. The van der Waals surface area contributed by atoms with Gasteiger partial charge in [0, 0.05) is 45.0 Å². The highest BCUT2D eigenvalue weighted by Crippen LogP contribution is 2.13. The Morgan fingerprint density at radius 2 is 2.30 bits per heavy atom. The van der Waals surface area contributed by atoms with Gasteiger partial charge < -0.3 is 15.4 Å². The van der Waals surface area contributed by atoms with E-state index in [9.17, 15) is 0 Å². The number of hydrogen-bond acceptors (Lipinski definition) is 6. The molecule has 0 aromatic carbocycles. The summed E-state index contributed by atoms with van der Waals surface area (Å²) in [4.78, 5) is 13.4. The molecule has 0 saturated heterocycles. The van der Waals surface area contributed by atoms with E-state index in [1.807, 2.05) is 4.68 Å². The SMILES string of the molecule is CCc1nc(CCNC(=NC)NC2CCc3nc(COC)nn3C2)cs1.I. The fourth-order valence-electron chi connectivity index (χ4n) is 2.99. The lowest BCUT2D eigenvalue weighted by Crippen LogP contribution is -2.47. The fourth-order valence-corrected chi connectivity index (χ4v) is 3.77. The number of hydrogen-bond donors (Lipinski definition) is 2. The minimum Gasteiger partial charge on any atom is -0.377 e. The van der Waals surface area contributed by atoms with Gasteiger partial charge in [-0.15, -0.1) is 35.3 Å². The molecule has 3 heterocycles. The molecule has 0 saturated carbocycles. The van der Waals surface area contributed by atoms with E-state index in [1.165, 1.54) is 5.01 Å². The van der Waals surface area contributed by atoms with Crippen LogP contribution in [0.3, 0.4) is 0 Å². The van der Waals surface area contributed by atoms with Crippen LogP contribution in [0.5, 0.6) is 0 Å². The van der Waals surface area contributed by atoms with E-state index in [2.05, 4.69) is 43.0 Å². The highest BCUT2D eigenvalue weighted by atomic mass is 127. The Morgan fingerprint density at radius 1 is 1.44 bits per heavy atom. The maximum Gasteiger partial charge on any atom is 0.191 e. The van der Waals surface area contributed by atoms with Crippen molar-refractivity contribution in [2.24, 2.45) is 4.99 Å². The van der Waals surface area contributed by atoms with Crippen molar-refractivity contribution in [3.05, 3.63) is 27.7 Å². The molecule has 150 valence electrons. The van der Waals surface area contributed by atoms with E-state index >= 15 is 0 Å². The number of nitrogens with zero attached hydrogens (tertiary/aromatic N) is 5. The number of aryl methyl sites for hydroxylation is 2. The zero-order chi connectivity index (χ0) is 18.4. The molecule has 1 aliphatic rings. The molecule has 0 amide bonds. The summed E-state index contributed by atoms with van der Waals surface area (Å²) in [5.41, 5.74) is 1.14. The van der Waals surface area contributed by atoms with Crippen LogP contribution in [0.2, 0.25) is 0 Å². The molecular formula is C17H28IN7OS. The van der Waals surface area contributed by atoms with Crippen LogP contribution in [0.1, 0.15) is 35.7 Å². The Balaban J connectivity index is 0.00000261. The maximum absolute atomic E-state index is 5.12. The molecule has 1 unspecified atom stereocenters. The molecule has 2 aromatic heterocycles. The molecule has 3 rings (SSSR count). The number of aromatic nitrogens is 4. The van der Waals surface area contributed by atoms with Gasteiger partial charge in [0.05, 0.1) is 17.2 Å². The van der Waals surface area contributed by atoms with E-state index in [1.54, 1.807) is 25.5 Å². The number of nitrogens with one attached hydrogen (secondary N) is 2. The topological polar surface area (TPSA) is 89.2 Å². The first kappa shape index (κ1) is 22.0. The average Bonchev–Trinajstić information content (AvgIpc) is 3.27. The highest BCUT2D eigenvalue weighted by Gasteiger charge is 2.22. The molecule has 8 nitrogen and oxygen atoms in total. The van der Waals surface area contributed by atoms with Gasteiger partial charge in [0.2, 0.25) is 0 Å². The van der Waals surface area contributed by atoms with Crippen molar-refractivity contribution in [3.63, 3.8) is 0 Å². The largest absolute Gasteiger partial charge is 0.377 e. The summed E-state index contributed by atoms with van der Waals surface area (Å²) in [5, 5.41) is 14.7. The van der Waals surface area contributed by atoms with Gasteiger partial charge in [-0.1, -0.05) is 6.92 Å². The molecule has 0 bridgehead atoms. The van der Waals surface area contributed by atoms with Crippen molar-refractivity contribution in [1.29, 1.82) is 0 Å². The maximum atomic E-state index is 5.12. The number of rotatable bonds is 7. The van der Waals surface area contributed by atoms with E-state index < -0.39 is 0 Å². The summed E-state index contributed by atoms with van der Waals surface area (Å²) in [5.74, 6) is 2.61. The Labute approximate surface area is 181 Å². The molecule has 0 fully saturated rings. The van der Waals surface area contributed by atoms with Crippen LogP contribution in [-0.4, -0.2) is 52.5 Å². The molecule has 1 atom stereocenters. The van der Waals surface area contributed by atoms with Crippen LogP contribution in [0.25, 0.3) is 0 Å². The van der Waals surface area contributed by atoms with Crippen LogP contribution in [0.4, 0.5) is 0 Å². The Kier molecular flexibility index (Phi) is 8.90. The van der Waals surface area contributed by atoms with Gasteiger partial charge in [0.25, 0.3) is 0 Å². The molecule has 2 aromatic rings. The lowest BCUT2D eigenvalue weighted by molar-refractivity contribution is 0.177. The number of guanidine groups is 1. The standard InChI is InChI=1S/C17H27N7OS.HI/c1-4-16-20-13(11-26-16)7-8-19-17(18-2)21-12-5-6-15-22-14(10-25-3)23-24(15)9-12;/h11-12H,4-10H2,1-3H3,(H2,18,19,21);1H. The van der Waals surface area contributed by atoms with Crippen molar-refractivity contribution in [2.75, 3.05) is 20.7 Å². The van der Waals surface area contributed by atoms with Crippen LogP contribution >= 0.6 is 35.3 Å². The van der Waals surface area contributed by atoms with Gasteiger partial charge in [-0.2, -0.15) is 5.10 Å². The van der Waals surface area contributed by atoms with E-state index in [-0.39, 0.29) is 30.0 Å². The molecule has 0 spiro atoms. The molecule has 10 heteroatoms. The molecule has 1 aliphatic heterocycles. The second-order valence-electron chi connectivity index (χ2n) is 6.27. The van der Waals surface area contributed by atoms with Gasteiger partial charge in [0.1, 0.15) is 12.4 Å². The van der Waals surface area contributed by atoms with Crippen molar-refractivity contribution in [1.82, 2.24) is 30.4 Å². The summed E-state index contributed by atoms with van der Waals surface area (Å²) in [6.45, 7) is 4.19. The highest BCUT2D eigenvalue weighted by molar-refractivity contribution is 14.0. The summed E-state index contributed by atoms with van der Waals surface area (Å²) in [7, 11) is 3.46. The third-order valence-electron chi connectivity index (χ3n) is 4.32. The number of fused-ring (bicyclic) bond motifs is 1. The van der Waals surface area contributed by atoms with Crippen LogP contribution in [0, 0.1) is 0 Å². The number of ether oxygens (including phenoxy) is 1. The second kappa shape index (κ2) is 10.9. The number of aliphatic imine (C=N–C) groups is 1.